The van der Waals surface area contributed by atoms with Crippen molar-refractivity contribution in [2.45, 2.75) is 6.61 Å². The van der Waals surface area contributed by atoms with Gasteiger partial charge in [-0.05, 0) is 42.5 Å². The lowest BCUT2D eigenvalue weighted by Crippen LogP contribution is -2.24. The number of para-hydroxylation sites is 1. The zero-order chi connectivity index (χ0) is 20.5. The Labute approximate surface area is 178 Å². The van der Waals surface area contributed by atoms with E-state index in [1.54, 1.807) is 24.3 Å². The first kappa shape index (κ1) is 20.7. The summed E-state index contributed by atoms with van der Waals surface area (Å²) in [7, 11) is 0. The van der Waals surface area contributed by atoms with Crippen molar-refractivity contribution in [3.63, 3.8) is 0 Å². The number of ether oxygens (including phenoxy) is 2. The molecule has 7 heteroatoms. The van der Waals surface area contributed by atoms with Gasteiger partial charge in [0.05, 0.1) is 6.21 Å². The molecule has 148 valence electrons. The van der Waals surface area contributed by atoms with Gasteiger partial charge in [0, 0.05) is 21.2 Å². The maximum Gasteiger partial charge on any atom is 0.277 e. The lowest BCUT2D eigenvalue weighted by molar-refractivity contribution is -0.123. The molecule has 5 nitrogen and oxygen atoms in total. The number of rotatable bonds is 8. The summed E-state index contributed by atoms with van der Waals surface area (Å²) in [6.45, 7) is 0.162. The summed E-state index contributed by atoms with van der Waals surface area (Å²) in [5, 5.41) is 5.21. The molecular weight excluding hydrogens is 411 g/mol. The molecule has 1 N–H and O–H groups in total. The fourth-order valence-corrected chi connectivity index (χ4v) is 2.69. The maximum atomic E-state index is 11.9. The van der Waals surface area contributed by atoms with E-state index in [0.717, 1.165) is 11.1 Å². The van der Waals surface area contributed by atoms with Crippen LogP contribution in [0.3, 0.4) is 0 Å². The number of carbonyl (C=O) groups excluding carboxylic acids is 1. The molecule has 0 aliphatic heterocycles. The summed E-state index contributed by atoms with van der Waals surface area (Å²) in [5.74, 6) is 0.792. The lowest BCUT2D eigenvalue weighted by Gasteiger charge is -2.10. The second kappa shape index (κ2) is 10.5. The van der Waals surface area contributed by atoms with Crippen LogP contribution in [0.1, 0.15) is 11.1 Å². The predicted octanol–water partition coefficient (Wildman–Crippen LogP) is 5.10. The number of nitrogens with zero attached hydrogens (tertiary/aromatic N) is 1. The van der Waals surface area contributed by atoms with E-state index in [4.69, 9.17) is 32.7 Å². The first-order chi connectivity index (χ1) is 14.1. The molecule has 3 aromatic rings. The number of amides is 1. The van der Waals surface area contributed by atoms with Crippen LogP contribution in [0.15, 0.2) is 77.9 Å². The molecule has 0 fully saturated rings. The maximum absolute atomic E-state index is 11.9. The Balaban J connectivity index is 1.53. The van der Waals surface area contributed by atoms with E-state index in [-0.39, 0.29) is 12.5 Å². The van der Waals surface area contributed by atoms with Gasteiger partial charge < -0.3 is 9.47 Å². The largest absolute Gasteiger partial charge is 0.488 e. The first-order valence-corrected chi connectivity index (χ1v) is 9.53. The summed E-state index contributed by atoms with van der Waals surface area (Å²) in [4.78, 5) is 11.9. The molecule has 0 heterocycles. The highest BCUT2D eigenvalue weighted by Gasteiger charge is 2.05. The Hall–Kier alpha value is -3.02. The van der Waals surface area contributed by atoms with Crippen molar-refractivity contribution >= 4 is 35.3 Å². The van der Waals surface area contributed by atoms with E-state index in [1.807, 2.05) is 48.5 Å². The Morgan fingerprint density at radius 3 is 2.45 bits per heavy atom. The van der Waals surface area contributed by atoms with Gasteiger partial charge in [0.25, 0.3) is 5.91 Å². The van der Waals surface area contributed by atoms with Crippen molar-refractivity contribution in [1.29, 1.82) is 0 Å². The molecule has 3 rings (SSSR count). The molecule has 0 radical (unpaired) electrons. The van der Waals surface area contributed by atoms with Crippen molar-refractivity contribution in [2.24, 2.45) is 5.10 Å². The Kier molecular flexibility index (Phi) is 7.50. The van der Waals surface area contributed by atoms with Crippen molar-refractivity contribution in [3.8, 4) is 11.5 Å². The van der Waals surface area contributed by atoms with Crippen molar-refractivity contribution in [3.05, 3.63) is 94.0 Å². The number of hydrogen-bond acceptors (Lipinski definition) is 4. The van der Waals surface area contributed by atoms with Gasteiger partial charge in [0.15, 0.2) is 6.61 Å². The van der Waals surface area contributed by atoms with Gasteiger partial charge >= 0.3 is 0 Å². The van der Waals surface area contributed by atoms with Gasteiger partial charge in [-0.15, -0.1) is 0 Å². The summed E-state index contributed by atoms with van der Waals surface area (Å²) >= 11 is 12.0. The second-order valence-corrected chi connectivity index (χ2v) is 6.80. The number of halogens is 2. The van der Waals surface area contributed by atoms with Gasteiger partial charge in [0.2, 0.25) is 0 Å². The zero-order valence-corrected chi connectivity index (χ0v) is 16.9. The lowest BCUT2D eigenvalue weighted by atomic mass is 10.2. The smallest absolute Gasteiger partial charge is 0.277 e. The highest BCUT2D eigenvalue weighted by Crippen LogP contribution is 2.21. The normalized spacial score (nSPS) is 10.7. The van der Waals surface area contributed by atoms with E-state index in [0.29, 0.717) is 28.2 Å². The van der Waals surface area contributed by atoms with E-state index >= 15 is 0 Å². The highest BCUT2D eigenvalue weighted by molar-refractivity contribution is 6.31. The van der Waals surface area contributed by atoms with Crippen LogP contribution in [-0.2, 0) is 11.4 Å². The number of hydrazone groups is 1. The molecular formula is C22H18Cl2N2O3. The fourth-order valence-electron chi connectivity index (χ4n) is 2.38. The van der Waals surface area contributed by atoms with Crippen LogP contribution in [0.25, 0.3) is 0 Å². The average Bonchev–Trinajstić information content (AvgIpc) is 2.73. The first-order valence-electron chi connectivity index (χ1n) is 8.77. The molecule has 0 aliphatic carbocycles. The van der Waals surface area contributed by atoms with Gasteiger partial charge in [-0.25, -0.2) is 5.43 Å². The molecule has 0 unspecified atom stereocenters. The molecule has 0 aromatic heterocycles. The molecule has 0 atom stereocenters. The summed E-state index contributed by atoms with van der Waals surface area (Å²) < 4.78 is 11.2. The van der Waals surface area contributed by atoms with Gasteiger partial charge in [-0.3, -0.25) is 4.79 Å². The topological polar surface area (TPSA) is 59.9 Å². The molecule has 0 bridgehead atoms. The van der Waals surface area contributed by atoms with E-state index in [9.17, 15) is 4.79 Å². The standard InChI is InChI=1S/C22H18Cl2N2O3/c23-18-9-11-19(12-10-18)28-15-22(27)26-25-13-16-5-2-4-8-21(16)29-14-17-6-1-3-7-20(17)24/h1-13H,14-15H2,(H,26,27)/b25-13-. The summed E-state index contributed by atoms with van der Waals surface area (Å²) in [6, 6.07) is 21.6. The number of carbonyl (C=O) groups is 1. The molecule has 29 heavy (non-hydrogen) atoms. The van der Waals surface area contributed by atoms with Crippen LogP contribution in [0, 0.1) is 0 Å². The minimum absolute atomic E-state index is 0.163. The van der Waals surface area contributed by atoms with Gasteiger partial charge in [-0.2, -0.15) is 5.10 Å². The van der Waals surface area contributed by atoms with E-state index in [2.05, 4.69) is 10.5 Å². The zero-order valence-electron chi connectivity index (χ0n) is 15.3. The van der Waals surface area contributed by atoms with Crippen LogP contribution in [0.2, 0.25) is 10.0 Å². The minimum Gasteiger partial charge on any atom is -0.488 e. The van der Waals surface area contributed by atoms with Crippen molar-refractivity contribution in [1.82, 2.24) is 5.43 Å². The highest BCUT2D eigenvalue weighted by atomic mass is 35.5. The van der Waals surface area contributed by atoms with Gasteiger partial charge in [-0.1, -0.05) is 53.5 Å². The SMILES string of the molecule is O=C(COc1ccc(Cl)cc1)N/N=C\c1ccccc1OCc1ccccc1Cl. The Morgan fingerprint density at radius 1 is 0.931 bits per heavy atom. The molecule has 1 amide bonds. The summed E-state index contributed by atoms with van der Waals surface area (Å²) in [5.41, 5.74) is 4.03. The molecule has 0 saturated carbocycles. The molecule has 0 spiro atoms. The fraction of sp³-hybridized carbons (Fsp3) is 0.0909. The third kappa shape index (κ3) is 6.52. The molecule has 0 saturated heterocycles. The van der Waals surface area contributed by atoms with Crippen LogP contribution in [0.4, 0.5) is 0 Å². The van der Waals surface area contributed by atoms with Crippen molar-refractivity contribution in [2.75, 3.05) is 6.61 Å². The van der Waals surface area contributed by atoms with E-state index < -0.39 is 0 Å². The van der Waals surface area contributed by atoms with Crippen LogP contribution in [-0.4, -0.2) is 18.7 Å². The van der Waals surface area contributed by atoms with Crippen LogP contribution >= 0.6 is 23.2 Å². The van der Waals surface area contributed by atoms with Crippen LogP contribution < -0.4 is 14.9 Å². The Morgan fingerprint density at radius 2 is 1.66 bits per heavy atom. The molecule has 3 aromatic carbocycles. The predicted molar refractivity (Wildman–Crippen MR) is 115 cm³/mol. The average molecular weight is 429 g/mol. The molecule has 0 aliphatic rings. The van der Waals surface area contributed by atoms with Crippen molar-refractivity contribution < 1.29 is 14.3 Å². The van der Waals surface area contributed by atoms with Gasteiger partial charge in [0.1, 0.15) is 18.1 Å². The minimum atomic E-state index is -0.384. The second-order valence-electron chi connectivity index (χ2n) is 5.95. The number of nitrogens with one attached hydrogen (secondary N) is 1. The van der Waals surface area contributed by atoms with Crippen LogP contribution in [0.5, 0.6) is 11.5 Å². The van der Waals surface area contributed by atoms with E-state index in [1.165, 1.54) is 6.21 Å². The Bertz CT molecular complexity index is 991. The third-order valence-electron chi connectivity index (χ3n) is 3.84. The monoisotopic (exact) mass is 428 g/mol. The quantitative estimate of drug-likeness (QED) is 0.400. The number of hydrogen-bond donors (Lipinski definition) is 1. The number of benzene rings is 3. The third-order valence-corrected chi connectivity index (χ3v) is 4.46. The summed E-state index contributed by atoms with van der Waals surface area (Å²) in [6.07, 6.45) is 1.52.